The average Bonchev–Trinajstić information content (AvgIpc) is 2.40. The van der Waals surface area contributed by atoms with Crippen LogP contribution in [-0.4, -0.2) is 47.1 Å². The van der Waals surface area contributed by atoms with E-state index in [4.69, 9.17) is 0 Å². The van der Waals surface area contributed by atoms with E-state index in [2.05, 4.69) is 51.3 Å². The zero-order valence-corrected chi connectivity index (χ0v) is 15.0. The second-order valence-electron chi connectivity index (χ2n) is 8.44. The molecule has 0 unspecified atom stereocenters. The van der Waals surface area contributed by atoms with Crippen molar-refractivity contribution in [1.82, 2.24) is 9.80 Å². The molecule has 0 spiro atoms. The lowest BCUT2D eigenvalue weighted by atomic mass is 10.0. The van der Waals surface area contributed by atoms with Crippen LogP contribution in [0.25, 0.3) is 0 Å². The number of hydrogen-bond acceptors (Lipinski definition) is 2. The van der Waals surface area contributed by atoms with Crippen molar-refractivity contribution in [3.05, 3.63) is 0 Å². The smallest absolute Gasteiger partial charge is 0.0125 e. The Labute approximate surface area is 127 Å². The van der Waals surface area contributed by atoms with Crippen LogP contribution in [0, 0.1) is 0 Å². The van der Waals surface area contributed by atoms with E-state index >= 15 is 0 Å². The lowest BCUT2D eigenvalue weighted by Gasteiger charge is -2.38. The fourth-order valence-electron chi connectivity index (χ4n) is 3.13. The summed E-state index contributed by atoms with van der Waals surface area (Å²) in [6.07, 6.45) is 8.47. The molecule has 0 amide bonds. The first kappa shape index (κ1) is 18.0. The molecule has 2 heterocycles. The van der Waals surface area contributed by atoms with Gasteiger partial charge >= 0.3 is 0 Å². The van der Waals surface area contributed by atoms with Gasteiger partial charge in [-0.05, 0) is 93.4 Å². The van der Waals surface area contributed by atoms with Gasteiger partial charge in [-0.3, -0.25) is 9.80 Å². The molecule has 2 nitrogen and oxygen atoms in total. The van der Waals surface area contributed by atoms with Gasteiger partial charge in [-0.15, -0.1) is 0 Å². The van der Waals surface area contributed by atoms with Crippen molar-refractivity contribution >= 4 is 0 Å². The summed E-state index contributed by atoms with van der Waals surface area (Å²) in [5, 5.41) is 0. The lowest BCUT2D eigenvalue weighted by molar-refractivity contribution is 0.110. The molecule has 2 fully saturated rings. The molecule has 0 aromatic heterocycles. The first-order chi connectivity index (χ1) is 9.21. The van der Waals surface area contributed by atoms with Crippen LogP contribution >= 0.6 is 0 Å². The van der Waals surface area contributed by atoms with Gasteiger partial charge in [0, 0.05) is 11.1 Å². The molecule has 2 aliphatic rings. The second kappa shape index (κ2) is 7.79. The van der Waals surface area contributed by atoms with Crippen LogP contribution in [0.1, 0.15) is 80.1 Å². The highest BCUT2D eigenvalue weighted by Gasteiger charge is 2.22. The molecule has 0 saturated carbocycles. The SMILES string of the molecule is CC(C)(C)N1CCCCC1.CC(C)(C)N1CCCCC1. The highest BCUT2D eigenvalue weighted by atomic mass is 15.2. The van der Waals surface area contributed by atoms with E-state index in [1.807, 2.05) is 0 Å². The van der Waals surface area contributed by atoms with Crippen LogP contribution in [0.3, 0.4) is 0 Å². The molecule has 0 aromatic rings. The van der Waals surface area contributed by atoms with Crippen LogP contribution in [0.4, 0.5) is 0 Å². The Morgan fingerprint density at radius 1 is 0.450 bits per heavy atom. The second-order valence-corrected chi connectivity index (χ2v) is 8.44. The fraction of sp³-hybridized carbons (Fsp3) is 1.00. The molecule has 2 rings (SSSR count). The molecule has 2 heteroatoms. The number of hydrogen-bond donors (Lipinski definition) is 0. The van der Waals surface area contributed by atoms with Crippen LogP contribution in [-0.2, 0) is 0 Å². The van der Waals surface area contributed by atoms with E-state index in [0.717, 1.165) is 0 Å². The number of piperidine rings is 2. The molecule has 0 N–H and O–H groups in total. The van der Waals surface area contributed by atoms with Gasteiger partial charge in [0.25, 0.3) is 0 Å². The first-order valence-corrected chi connectivity index (χ1v) is 8.71. The van der Waals surface area contributed by atoms with Crippen LogP contribution < -0.4 is 0 Å². The molecule has 20 heavy (non-hydrogen) atoms. The zero-order valence-electron chi connectivity index (χ0n) is 15.0. The van der Waals surface area contributed by atoms with E-state index in [9.17, 15) is 0 Å². The minimum Gasteiger partial charge on any atom is -0.298 e. The van der Waals surface area contributed by atoms with Gasteiger partial charge in [0.05, 0.1) is 0 Å². The minimum atomic E-state index is 0.403. The Morgan fingerprint density at radius 3 is 0.850 bits per heavy atom. The summed E-state index contributed by atoms with van der Waals surface area (Å²) in [7, 11) is 0. The number of rotatable bonds is 0. The summed E-state index contributed by atoms with van der Waals surface area (Å²) in [4.78, 5) is 5.16. The van der Waals surface area contributed by atoms with Crippen molar-refractivity contribution in [3.8, 4) is 0 Å². The molecule has 0 bridgehead atoms. The van der Waals surface area contributed by atoms with Gasteiger partial charge < -0.3 is 0 Å². The van der Waals surface area contributed by atoms with Crippen molar-refractivity contribution in [3.63, 3.8) is 0 Å². The van der Waals surface area contributed by atoms with E-state index < -0.39 is 0 Å². The van der Waals surface area contributed by atoms with Gasteiger partial charge in [-0.1, -0.05) is 12.8 Å². The molecular weight excluding hydrogens is 244 g/mol. The van der Waals surface area contributed by atoms with Gasteiger partial charge in [0.15, 0.2) is 0 Å². The van der Waals surface area contributed by atoms with Gasteiger partial charge in [-0.2, -0.15) is 0 Å². The highest BCUT2D eigenvalue weighted by Crippen LogP contribution is 2.19. The van der Waals surface area contributed by atoms with Crippen molar-refractivity contribution in [1.29, 1.82) is 0 Å². The van der Waals surface area contributed by atoms with Crippen LogP contribution in [0.2, 0.25) is 0 Å². The Hall–Kier alpha value is -0.0800. The molecule has 120 valence electrons. The molecule has 2 aliphatic heterocycles. The van der Waals surface area contributed by atoms with Crippen molar-refractivity contribution in [2.75, 3.05) is 26.2 Å². The van der Waals surface area contributed by atoms with Crippen molar-refractivity contribution < 1.29 is 0 Å². The van der Waals surface area contributed by atoms with E-state index in [0.29, 0.717) is 11.1 Å². The Balaban J connectivity index is 0.000000200. The van der Waals surface area contributed by atoms with Gasteiger partial charge in [0.1, 0.15) is 0 Å². The van der Waals surface area contributed by atoms with Gasteiger partial charge in [-0.25, -0.2) is 0 Å². The molecular formula is C18H38N2. The predicted molar refractivity (Wildman–Crippen MR) is 90.4 cm³/mol. The Kier molecular flexibility index (Phi) is 7.00. The predicted octanol–water partition coefficient (Wildman–Crippen LogP) is 4.54. The number of likely N-dealkylation sites (tertiary alicyclic amines) is 2. The minimum absolute atomic E-state index is 0.403. The third kappa shape index (κ3) is 6.58. The summed E-state index contributed by atoms with van der Waals surface area (Å²) in [5.41, 5.74) is 0.806. The molecule has 0 aromatic carbocycles. The van der Waals surface area contributed by atoms with Gasteiger partial charge in [0.2, 0.25) is 0 Å². The quantitative estimate of drug-likeness (QED) is 0.643. The normalized spacial score (nSPS) is 23.1. The Morgan fingerprint density at radius 2 is 0.700 bits per heavy atom. The van der Waals surface area contributed by atoms with Crippen molar-refractivity contribution in [2.45, 2.75) is 91.1 Å². The monoisotopic (exact) mass is 282 g/mol. The van der Waals surface area contributed by atoms with Crippen molar-refractivity contribution in [2.24, 2.45) is 0 Å². The topological polar surface area (TPSA) is 6.48 Å². The summed E-state index contributed by atoms with van der Waals surface area (Å²) in [6, 6.07) is 0. The molecule has 0 radical (unpaired) electrons. The largest absolute Gasteiger partial charge is 0.298 e. The summed E-state index contributed by atoms with van der Waals surface area (Å²) in [6.45, 7) is 19.1. The van der Waals surface area contributed by atoms with E-state index in [-0.39, 0.29) is 0 Å². The van der Waals surface area contributed by atoms with Crippen LogP contribution in [0.5, 0.6) is 0 Å². The third-order valence-corrected chi connectivity index (χ3v) is 4.61. The van der Waals surface area contributed by atoms with E-state index in [1.54, 1.807) is 0 Å². The summed E-state index contributed by atoms with van der Waals surface area (Å²) in [5.74, 6) is 0. The fourth-order valence-corrected chi connectivity index (χ4v) is 3.13. The summed E-state index contributed by atoms with van der Waals surface area (Å²) < 4.78 is 0. The third-order valence-electron chi connectivity index (χ3n) is 4.61. The standard InChI is InChI=1S/2C9H19N/c2*1-9(2,3)10-7-5-4-6-8-10/h2*4-8H2,1-3H3. The molecule has 0 atom stereocenters. The zero-order chi connectivity index (χ0) is 15.2. The molecule has 0 aliphatic carbocycles. The maximum atomic E-state index is 2.58. The highest BCUT2D eigenvalue weighted by molar-refractivity contribution is 4.79. The maximum Gasteiger partial charge on any atom is 0.0125 e. The van der Waals surface area contributed by atoms with Crippen LogP contribution in [0.15, 0.2) is 0 Å². The lowest BCUT2D eigenvalue weighted by Crippen LogP contribution is -2.44. The molecule has 2 saturated heterocycles. The maximum absolute atomic E-state index is 2.58. The van der Waals surface area contributed by atoms with E-state index in [1.165, 1.54) is 64.7 Å². The number of nitrogens with zero attached hydrogens (tertiary/aromatic N) is 2. The Bertz CT molecular complexity index is 220. The average molecular weight is 283 g/mol. The summed E-state index contributed by atoms with van der Waals surface area (Å²) >= 11 is 0. The first-order valence-electron chi connectivity index (χ1n) is 8.71.